The zero-order valence-corrected chi connectivity index (χ0v) is 11.5. The topological polar surface area (TPSA) is 59.8 Å². The number of pyridine rings is 1. The van der Waals surface area contributed by atoms with Crippen LogP contribution in [0.25, 0.3) is 17.0 Å². The van der Waals surface area contributed by atoms with Crippen LogP contribution >= 0.6 is 0 Å². The van der Waals surface area contributed by atoms with Crippen LogP contribution in [0.3, 0.4) is 0 Å². The molecule has 0 aliphatic carbocycles. The maximum atomic E-state index is 11.9. The minimum absolute atomic E-state index is 0.198. The molecule has 0 radical (unpaired) electrons. The van der Waals surface area contributed by atoms with Gasteiger partial charge in [-0.25, -0.2) is 0 Å². The van der Waals surface area contributed by atoms with Gasteiger partial charge in [0.2, 0.25) is 5.91 Å². The normalized spacial score (nSPS) is 11.1. The molecule has 0 aliphatic rings. The molecule has 1 N–H and O–H groups in total. The van der Waals surface area contributed by atoms with E-state index in [0.717, 1.165) is 16.5 Å². The Morgan fingerprint density at radius 3 is 2.95 bits per heavy atom. The number of rotatable bonds is 3. The fraction of sp³-hybridized carbons (Fsp3) is 0.0625. The molecule has 1 aromatic carbocycles. The van der Waals surface area contributed by atoms with Crippen molar-refractivity contribution in [1.29, 1.82) is 0 Å². The number of amides is 1. The number of para-hydroxylation sites is 1. The number of nitrogens with one attached hydrogen (secondary N) is 1. The third kappa shape index (κ3) is 3.14. The fourth-order valence-corrected chi connectivity index (χ4v) is 2.02. The van der Waals surface area contributed by atoms with Gasteiger partial charge < -0.3 is 5.32 Å². The Morgan fingerprint density at radius 1 is 1.29 bits per heavy atom. The number of aromatic nitrogens is 3. The van der Waals surface area contributed by atoms with Crippen LogP contribution in [-0.2, 0) is 11.8 Å². The average Bonchev–Trinajstić information content (AvgIpc) is 2.91. The van der Waals surface area contributed by atoms with Crippen molar-refractivity contribution >= 4 is 28.6 Å². The molecule has 3 rings (SSSR count). The van der Waals surface area contributed by atoms with E-state index in [1.807, 2.05) is 43.6 Å². The molecule has 0 fully saturated rings. The second-order valence-corrected chi connectivity index (χ2v) is 4.69. The van der Waals surface area contributed by atoms with E-state index in [1.165, 1.54) is 6.08 Å². The number of hydrogen-bond donors (Lipinski definition) is 1. The van der Waals surface area contributed by atoms with E-state index in [2.05, 4.69) is 15.4 Å². The Kier molecular flexibility index (Phi) is 3.47. The molecule has 2 aromatic heterocycles. The van der Waals surface area contributed by atoms with E-state index >= 15 is 0 Å². The van der Waals surface area contributed by atoms with Gasteiger partial charge in [0.25, 0.3) is 0 Å². The summed E-state index contributed by atoms with van der Waals surface area (Å²) in [6, 6.07) is 9.67. The van der Waals surface area contributed by atoms with Crippen molar-refractivity contribution in [2.75, 3.05) is 5.32 Å². The molecule has 1 amide bonds. The first-order valence-electron chi connectivity index (χ1n) is 6.53. The number of benzene rings is 1. The number of hydrogen-bond acceptors (Lipinski definition) is 3. The number of aryl methyl sites for hydroxylation is 1. The first-order chi connectivity index (χ1) is 10.2. The summed E-state index contributed by atoms with van der Waals surface area (Å²) in [4.78, 5) is 16.2. The zero-order chi connectivity index (χ0) is 14.7. The summed E-state index contributed by atoms with van der Waals surface area (Å²) >= 11 is 0. The monoisotopic (exact) mass is 278 g/mol. The highest BCUT2D eigenvalue weighted by molar-refractivity contribution is 6.02. The fourth-order valence-electron chi connectivity index (χ4n) is 2.02. The van der Waals surface area contributed by atoms with Crippen molar-refractivity contribution in [3.63, 3.8) is 0 Å². The Balaban J connectivity index is 1.72. The van der Waals surface area contributed by atoms with Gasteiger partial charge in [-0.1, -0.05) is 18.2 Å². The highest BCUT2D eigenvalue weighted by atomic mass is 16.1. The second kappa shape index (κ2) is 5.58. The molecule has 0 unspecified atom stereocenters. The number of carbonyl (C=O) groups excluding carboxylic acids is 1. The van der Waals surface area contributed by atoms with Crippen molar-refractivity contribution in [1.82, 2.24) is 14.8 Å². The van der Waals surface area contributed by atoms with Crippen molar-refractivity contribution in [3.05, 3.63) is 60.6 Å². The lowest BCUT2D eigenvalue weighted by Crippen LogP contribution is -2.07. The Bertz CT molecular complexity index is 820. The van der Waals surface area contributed by atoms with Gasteiger partial charge in [-0.05, 0) is 18.2 Å². The van der Waals surface area contributed by atoms with Crippen LogP contribution in [0.4, 0.5) is 5.69 Å². The van der Waals surface area contributed by atoms with E-state index in [-0.39, 0.29) is 5.91 Å². The number of carbonyl (C=O) groups is 1. The van der Waals surface area contributed by atoms with Crippen LogP contribution < -0.4 is 5.32 Å². The highest BCUT2D eigenvalue weighted by Gasteiger charge is 2.01. The maximum absolute atomic E-state index is 11.9. The first kappa shape index (κ1) is 13.1. The molecular formula is C16H14N4O. The van der Waals surface area contributed by atoms with Crippen LogP contribution in [0.5, 0.6) is 0 Å². The van der Waals surface area contributed by atoms with Gasteiger partial charge in [0.05, 0.1) is 23.6 Å². The third-order valence-electron chi connectivity index (χ3n) is 3.01. The van der Waals surface area contributed by atoms with Crippen LogP contribution in [-0.4, -0.2) is 20.7 Å². The van der Waals surface area contributed by atoms with E-state index < -0.39 is 0 Å². The molecule has 3 aromatic rings. The molecule has 0 aliphatic heterocycles. The molecule has 2 heterocycles. The molecule has 0 atom stereocenters. The lowest BCUT2D eigenvalue weighted by Gasteiger charge is -2.03. The first-order valence-corrected chi connectivity index (χ1v) is 6.53. The van der Waals surface area contributed by atoms with Gasteiger partial charge in [-0.15, -0.1) is 0 Å². The van der Waals surface area contributed by atoms with Crippen LogP contribution in [0, 0.1) is 0 Å². The summed E-state index contributed by atoms with van der Waals surface area (Å²) < 4.78 is 1.69. The molecule has 0 saturated carbocycles. The molecule has 5 nitrogen and oxygen atoms in total. The van der Waals surface area contributed by atoms with Gasteiger partial charge in [0.1, 0.15) is 0 Å². The van der Waals surface area contributed by atoms with Gasteiger partial charge in [-0.2, -0.15) is 5.10 Å². The van der Waals surface area contributed by atoms with E-state index in [0.29, 0.717) is 5.69 Å². The van der Waals surface area contributed by atoms with Gasteiger partial charge in [-0.3, -0.25) is 14.5 Å². The predicted octanol–water partition coefficient (Wildman–Crippen LogP) is 2.62. The summed E-state index contributed by atoms with van der Waals surface area (Å²) in [5, 5.41) is 7.82. The molecule has 0 bridgehead atoms. The van der Waals surface area contributed by atoms with E-state index in [4.69, 9.17) is 0 Å². The Labute approximate surface area is 121 Å². The largest absolute Gasteiger partial charge is 0.321 e. The summed E-state index contributed by atoms with van der Waals surface area (Å²) in [6.45, 7) is 0. The minimum atomic E-state index is -0.198. The molecule has 0 spiro atoms. The van der Waals surface area contributed by atoms with E-state index in [9.17, 15) is 4.79 Å². The summed E-state index contributed by atoms with van der Waals surface area (Å²) in [5.74, 6) is -0.198. The zero-order valence-electron chi connectivity index (χ0n) is 11.5. The average molecular weight is 278 g/mol. The molecule has 21 heavy (non-hydrogen) atoms. The molecule has 0 saturated heterocycles. The van der Waals surface area contributed by atoms with Crippen LogP contribution in [0.15, 0.2) is 55.0 Å². The molecule has 104 valence electrons. The lowest BCUT2D eigenvalue weighted by molar-refractivity contribution is -0.111. The van der Waals surface area contributed by atoms with Crippen molar-refractivity contribution in [2.24, 2.45) is 7.05 Å². The number of nitrogens with zero attached hydrogens (tertiary/aromatic N) is 3. The van der Waals surface area contributed by atoms with Crippen molar-refractivity contribution in [3.8, 4) is 0 Å². The highest BCUT2D eigenvalue weighted by Crippen LogP contribution is 2.16. The molecule has 5 heteroatoms. The number of anilines is 1. The van der Waals surface area contributed by atoms with Crippen LogP contribution in [0.1, 0.15) is 5.56 Å². The molecular weight excluding hydrogens is 264 g/mol. The quantitative estimate of drug-likeness (QED) is 0.749. The minimum Gasteiger partial charge on any atom is -0.321 e. The standard InChI is InChI=1S/C16H14N4O/c1-20-11-12(9-18-20)6-7-16(21)19-14-8-13-4-2-3-5-15(13)17-10-14/h2-11H,1H3,(H,19,21)/b7-6+. The Hall–Kier alpha value is -2.95. The van der Waals surface area contributed by atoms with Gasteiger partial charge >= 0.3 is 0 Å². The van der Waals surface area contributed by atoms with Crippen molar-refractivity contribution in [2.45, 2.75) is 0 Å². The summed E-state index contributed by atoms with van der Waals surface area (Å²) in [7, 11) is 1.83. The van der Waals surface area contributed by atoms with Gasteiger partial charge in [0.15, 0.2) is 0 Å². The lowest BCUT2D eigenvalue weighted by atomic mass is 10.2. The summed E-state index contributed by atoms with van der Waals surface area (Å²) in [6.07, 6.45) is 8.38. The van der Waals surface area contributed by atoms with Crippen molar-refractivity contribution < 1.29 is 4.79 Å². The smallest absolute Gasteiger partial charge is 0.248 e. The SMILES string of the molecule is Cn1cc(/C=C/C(=O)Nc2cnc3ccccc3c2)cn1. The second-order valence-electron chi connectivity index (χ2n) is 4.69. The van der Waals surface area contributed by atoms with Gasteiger partial charge in [0, 0.05) is 30.3 Å². The predicted molar refractivity (Wildman–Crippen MR) is 82.6 cm³/mol. The van der Waals surface area contributed by atoms with Crippen LogP contribution in [0.2, 0.25) is 0 Å². The maximum Gasteiger partial charge on any atom is 0.248 e. The summed E-state index contributed by atoms with van der Waals surface area (Å²) in [5.41, 5.74) is 2.46. The Morgan fingerprint density at radius 2 is 2.14 bits per heavy atom. The van der Waals surface area contributed by atoms with E-state index in [1.54, 1.807) is 23.2 Å². The third-order valence-corrected chi connectivity index (χ3v) is 3.01. The number of fused-ring (bicyclic) bond motifs is 1.